The first-order valence-corrected chi connectivity index (χ1v) is 8.00. The van der Waals surface area contributed by atoms with Crippen molar-refractivity contribution in [3.05, 3.63) is 34.2 Å². The molecule has 7 heteroatoms. The molecule has 0 radical (unpaired) electrons. The van der Waals surface area contributed by atoms with Crippen molar-refractivity contribution in [2.75, 3.05) is 26.7 Å². The lowest BCUT2D eigenvalue weighted by molar-refractivity contribution is -0.134. The summed E-state index contributed by atoms with van der Waals surface area (Å²) in [6.45, 7) is 4.64. The van der Waals surface area contributed by atoms with Crippen molar-refractivity contribution < 1.29 is 4.79 Å². The molecule has 0 bridgehead atoms. The van der Waals surface area contributed by atoms with Gasteiger partial charge < -0.3 is 14.2 Å². The van der Waals surface area contributed by atoms with E-state index in [0.717, 1.165) is 19.6 Å². The minimum Gasteiger partial charge on any atom is -0.337 e. The average Bonchev–Trinajstić information content (AvgIpc) is 2.81. The van der Waals surface area contributed by atoms with Crippen molar-refractivity contribution in [3.63, 3.8) is 0 Å². The molecule has 2 aromatic heterocycles. The van der Waals surface area contributed by atoms with Gasteiger partial charge >= 0.3 is 0 Å². The van der Waals surface area contributed by atoms with Crippen LogP contribution in [0.4, 0.5) is 0 Å². The maximum absolute atomic E-state index is 12.5. The molecule has 0 unspecified atom stereocenters. The fourth-order valence-electron chi connectivity index (χ4n) is 2.93. The van der Waals surface area contributed by atoms with Gasteiger partial charge in [-0.25, -0.2) is 4.98 Å². The molecule has 3 rings (SSSR count). The molecule has 1 fully saturated rings. The fraction of sp³-hybridized carbons (Fsp3) is 0.467. The zero-order valence-electron chi connectivity index (χ0n) is 12.6. The molecule has 5 nitrogen and oxygen atoms in total. The molecule has 0 aromatic carbocycles. The Morgan fingerprint density at radius 2 is 2.14 bits per heavy atom. The van der Waals surface area contributed by atoms with E-state index in [1.807, 2.05) is 11.1 Å². The van der Waals surface area contributed by atoms with Crippen LogP contribution in [0.3, 0.4) is 0 Å². The molecule has 2 aromatic rings. The van der Waals surface area contributed by atoms with Crippen LogP contribution in [-0.4, -0.2) is 57.8 Å². The summed E-state index contributed by atoms with van der Waals surface area (Å²) >= 11 is 12.1. The standard InChI is InChI=1S/C15H18Cl2N4O/c1-10-7-19(2)3-4-21(10)14(22)6-12-9-20-8-11(16)5-13(17)15(20)18-12/h5,8-10H,3-4,6-7H2,1-2H3/t10-/m0/s1. The number of nitrogens with zero attached hydrogens (tertiary/aromatic N) is 4. The molecule has 22 heavy (non-hydrogen) atoms. The van der Waals surface area contributed by atoms with E-state index in [2.05, 4.69) is 23.9 Å². The quantitative estimate of drug-likeness (QED) is 0.842. The molecular weight excluding hydrogens is 323 g/mol. The van der Waals surface area contributed by atoms with Gasteiger partial charge in [0.25, 0.3) is 0 Å². The van der Waals surface area contributed by atoms with Crippen LogP contribution >= 0.6 is 23.2 Å². The largest absolute Gasteiger partial charge is 0.337 e. The Bertz CT molecular complexity index is 715. The minimum atomic E-state index is 0.103. The molecule has 1 aliphatic heterocycles. The number of piperazine rings is 1. The number of hydrogen-bond donors (Lipinski definition) is 0. The molecule has 118 valence electrons. The van der Waals surface area contributed by atoms with Crippen LogP contribution in [-0.2, 0) is 11.2 Å². The number of rotatable bonds is 2. The van der Waals surface area contributed by atoms with Crippen LogP contribution in [0.15, 0.2) is 18.5 Å². The topological polar surface area (TPSA) is 40.9 Å². The maximum atomic E-state index is 12.5. The first kappa shape index (κ1) is 15.6. The van der Waals surface area contributed by atoms with E-state index in [1.54, 1.807) is 16.7 Å². The van der Waals surface area contributed by atoms with Crippen molar-refractivity contribution in [1.29, 1.82) is 0 Å². The van der Waals surface area contributed by atoms with E-state index < -0.39 is 0 Å². The Morgan fingerprint density at radius 3 is 2.86 bits per heavy atom. The van der Waals surface area contributed by atoms with Crippen LogP contribution in [0.2, 0.25) is 10.0 Å². The van der Waals surface area contributed by atoms with E-state index in [-0.39, 0.29) is 18.4 Å². The molecule has 1 aliphatic rings. The number of likely N-dealkylation sites (N-methyl/N-ethyl adjacent to an activating group) is 1. The zero-order valence-corrected chi connectivity index (χ0v) is 14.1. The normalized spacial score (nSPS) is 19.8. The van der Waals surface area contributed by atoms with Gasteiger partial charge in [-0.1, -0.05) is 23.2 Å². The molecule has 1 atom stereocenters. The van der Waals surface area contributed by atoms with Crippen LogP contribution in [0.1, 0.15) is 12.6 Å². The van der Waals surface area contributed by atoms with Gasteiger partial charge in [-0.2, -0.15) is 0 Å². The Hall–Kier alpha value is -1.30. The first-order chi connectivity index (χ1) is 10.4. The third-order valence-electron chi connectivity index (χ3n) is 4.01. The van der Waals surface area contributed by atoms with E-state index in [9.17, 15) is 4.79 Å². The van der Waals surface area contributed by atoms with E-state index >= 15 is 0 Å². The number of carbonyl (C=O) groups excluding carboxylic acids is 1. The second-order valence-corrected chi connectivity index (χ2v) is 6.69. The number of carbonyl (C=O) groups is 1. The summed E-state index contributed by atoms with van der Waals surface area (Å²) in [5.74, 6) is 0.103. The van der Waals surface area contributed by atoms with E-state index in [1.165, 1.54) is 0 Å². The van der Waals surface area contributed by atoms with Crippen LogP contribution in [0, 0.1) is 0 Å². The molecule has 3 heterocycles. The number of amides is 1. The summed E-state index contributed by atoms with van der Waals surface area (Å²) in [6.07, 6.45) is 3.83. The summed E-state index contributed by atoms with van der Waals surface area (Å²) in [5.41, 5.74) is 1.33. The third-order valence-corrected chi connectivity index (χ3v) is 4.49. The Balaban J connectivity index is 1.78. The Morgan fingerprint density at radius 1 is 1.36 bits per heavy atom. The highest BCUT2D eigenvalue weighted by Gasteiger charge is 2.26. The summed E-state index contributed by atoms with van der Waals surface area (Å²) in [6, 6.07) is 1.88. The predicted octanol–water partition coefficient (Wildman–Crippen LogP) is 2.35. The highest BCUT2D eigenvalue weighted by Crippen LogP contribution is 2.22. The average molecular weight is 341 g/mol. The number of fused-ring (bicyclic) bond motifs is 1. The lowest BCUT2D eigenvalue weighted by Gasteiger charge is -2.38. The monoisotopic (exact) mass is 340 g/mol. The van der Waals surface area contributed by atoms with Gasteiger partial charge in [0, 0.05) is 38.1 Å². The molecular formula is C15H18Cl2N4O. The predicted molar refractivity (Wildman–Crippen MR) is 87.6 cm³/mol. The SMILES string of the molecule is C[C@H]1CN(C)CCN1C(=O)Cc1cn2cc(Cl)cc(Cl)c2n1. The highest BCUT2D eigenvalue weighted by atomic mass is 35.5. The number of halogens is 2. The van der Waals surface area contributed by atoms with Gasteiger partial charge in [0.2, 0.25) is 5.91 Å². The minimum absolute atomic E-state index is 0.103. The molecule has 1 amide bonds. The van der Waals surface area contributed by atoms with Crippen LogP contribution in [0.5, 0.6) is 0 Å². The number of aromatic nitrogens is 2. The fourth-order valence-corrected chi connectivity index (χ4v) is 3.45. The number of imidazole rings is 1. The summed E-state index contributed by atoms with van der Waals surface area (Å²) < 4.78 is 1.76. The summed E-state index contributed by atoms with van der Waals surface area (Å²) in [7, 11) is 2.08. The van der Waals surface area contributed by atoms with Crippen LogP contribution in [0.25, 0.3) is 5.65 Å². The van der Waals surface area contributed by atoms with Crippen molar-refractivity contribution in [1.82, 2.24) is 19.2 Å². The van der Waals surface area contributed by atoms with Gasteiger partial charge in [0.15, 0.2) is 5.65 Å². The molecule has 1 saturated heterocycles. The van der Waals surface area contributed by atoms with E-state index in [4.69, 9.17) is 23.2 Å². The van der Waals surface area contributed by atoms with Gasteiger partial charge in [-0.15, -0.1) is 0 Å². The highest BCUT2D eigenvalue weighted by molar-refractivity contribution is 6.36. The van der Waals surface area contributed by atoms with Gasteiger partial charge in [0.05, 0.1) is 22.2 Å². The molecule has 0 saturated carbocycles. The second-order valence-electron chi connectivity index (χ2n) is 5.84. The van der Waals surface area contributed by atoms with Gasteiger partial charge in [0.1, 0.15) is 0 Å². The summed E-state index contributed by atoms with van der Waals surface area (Å²) in [5, 5.41) is 1.03. The zero-order chi connectivity index (χ0) is 15.9. The van der Waals surface area contributed by atoms with Gasteiger partial charge in [-0.3, -0.25) is 4.79 Å². The maximum Gasteiger partial charge on any atom is 0.228 e. The Kier molecular flexibility index (Phi) is 4.30. The number of hydrogen-bond acceptors (Lipinski definition) is 3. The smallest absolute Gasteiger partial charge is 0.228 e. The summed E-state index contributed by atoms with van der Waals surface area (Å²) in [4.78, 5) is 21.1. The Labute approximate surface area is 139 Å². The number of pyridine rings is 1. The molecule has 0 spiro atoms. The second kappa shape index (κ2) is 6.07. The van der Waals surface area contributed by atoms with Crippen molar-refractivity contribution in [2.45, 2.75) is 19.4 Å². The first-order valence-electron chi connectivity index (χ1n) is 7.24. The van der Waals surface area contributed by atoms with Crippen molar-refractivity contribution >= 4 is 34.8 Å². The van der Waals surface area contributed by atoms with Crippen molar-refractivity contribution in [2.24, 2.45) is 0 Å². The van der Waals surface area contributed by atoms with Gasteiger partial charge in [-0.05, 0) is 20.0 Å². The molecule has 0 aliphatic carbocycles. The van der Waals surface area contributed by atoms with Crippen molar-refractivity contribution in [3.8, 4) is 0 Å². The van der Waals surface area contributed by atoms with E-state index in [0.29, 0.717) is 21.4 Å². The van der Waals surface area contributed by atoms with Crippen LogP contribution < -0.4 is 0 Å². The molecule has 0 N–H and O–H groups in total. The lowest BCUT2D eigenvalue weighted by Crippen LogP contribution is -2.53. The third kappa shape index (κ3) is 3.07. The lowest BCUT2D eigenvalue weighted by atomic mass is 10.1.